The summed E-state index contributed by atoms with van der Waals surface area (Å²) in [6.45, 7) is 3.57. The summed E-state index contributed by atoms with van der Waals surface area (Å²) >= 11 is 7.04. The molecule has 0 saturated carbocycles. The molecule has 1 heterocycles. The van der Waals surface area contributed by atoms with Crippen LogP contribution < -0.4 is 0 Å². The first-order chi connectivity index (χ1) is 6.56. The molecule has 1 aromatic rings. The van der Waals surface area contributed by atoms with E-state index in [1.54, 1.807) is 6.92 Å². The summed E-state index contributed by atoms with van der Waals surface area (Å²) in [5.41, 5.74) is 0.604. The van der Waals surface area contributed by atoms with Crippen LogP contribution in [0.4, 0.5) is 5.69 Å². The fourth-order valence-electron chi connectivity index (χ4n) is 1.06. The summed E-state index contributed by atoms with van der Waals surface area (Å²) in [5, 5.41) is 11.4. The standard InChI is InChI=1S/C8H9ClN2O2S/c1-3-14-8-7(11(12)13)5(2)4-6(9)10-8/h4H,3H2,1-2H3. The highest BCUT2D eigenvalue weighted by Crippen LogP contribution is 2.31. The highest BCUT2D eigenvalue weighted by molar-refractivity contribution is 7.99. The topological polar surface area (TPSA) is 56.0 Å². The van der Waals surface area contributed by atoms with Gasteiger partial charge in [-0.25, -0.2) is 4.98 Å². The number of rotatable bonds is 3. The Kier molecular flexibility index (Phi) is 3.71. The molecule has 0 aliphatic heterocycles. The average Bonchev–Trinajstić information content (AvgIpc) is 2.01. The average molecular weight is 233 g/mol. The largest absolute Gasteiger partial charge is 0.304 e. The molecule has 6 heteroatoms. The minimum atomic E-state index is -0.420. The zero-order valence-electron chi connectivity index (χ0n) is 7.78. The fourth-order valence-corrected chi connectivity index (χ4v) is 2.16. The van der Waals surface area contributed by atoms with E-state index < -0.39 is 4.92 Å². The molecular weight excluding hydrogens is 224 g/mol. The maximum atomic E-state index is 10.7. The van der Waals surface area contributed by atoms with E-state index in [4.69, 9.17) is 11.6 Å². The number of hydrogen-bond acceptors (Lipinski definition) is 4. The van der Waals surface area contributed by atoms with Gasteiger partial charge in [0.25, 0.3) is 0 Å². The molecular formula is C8H9ClN2O2S. The molecule has 0 atom stereocenters. The number of nitrogens with zero attached hydrogens (tertiary/aromatic N) is 2. The highest BCUT2D eigenvalue weighted by Gasteiger charge is 2.19. The van der Waals surface area contributed by atoms with E-state index in [1.165, 1.54) is 17.8 Å². The second-order valence-corrected chi connectivity index (χ2v) is 4.25. The highest BCUT2D eigenvalue weighted by atomic mass is 35.5. The van der Waals surface area contributed by atoms with E-state index in [2.05, 4.69) is 4.98 Å². The predicted molar refractivity (Wildman–Crippen MR) is 57.0 cm³/mol. The van der Waals surface area contributed by atoms with E-state index in [0.717, 1.165) is 5.75 Å². The summed E-state index contributed by atoms with van der Waals surface area (Å²) < 4.78 is 0. The lowest BCUT2D eigenvalue weighted by Gasteiger charge is -2.03. The van der Waals surface area contributed by atoms with E-state index in [-0.39, 0.29) is 5.69 Å². The minimum absolute atomic E-state index is 0.0567. The Morgan fingerprint density at radius 1 is 1.71 bits per heavy atom. The molecule has 0 unspecified atom stereocenters. The van der Waals surface area contributed by atoms with Gasteiger partial charge in [-0.15, -0.1) is 0 Å². The zero-order valence-corrected chi connectivity index (χ0v) is 9.35. The Balaban J connectivity index is 3.28. The van der Waals surface area contributed by atoms with Crippen LogP contribution in [0.25, 0.3) is 0 Å². The molecule has 1 aromatic heterocycles. The van der Waals surface area contributed by atoms with Crippen LogP contribution in [0, 0.1) is 17.0 Å². The first kappa shape index (κ1) is 11.3. The summed E-state index contributed by atoms with van der Waals surface area (Å²) in [7, 11) is 0. The first-order valence-corrected chi connectivity index (χ1v) is 5.37. The van der Waals surface area contributed by atoms with Gasteiger partial charge in [0.15, 0.2) is 5.03 Å². The van der Waals surface area contributed by atoms with Gasteiger partial charge < -0.3 is 0 Å². The number of pyridine rings is 1. The Labute approximate surface area is 90.8 Å². The van der Waals surface area contributed by atoms with Gasteiger partial charge in [-0.3, -0.25) is 10.1 Å². The Hall–Kier alpha value is -0.810. The van der Waals surface area contributed by atoms with Gasteiger partial charge in [0.2, 0.25) is 0 Å². The molecule has 0 N–H and O–H groups in total. The van der Waals surface area contributed by atoms with Crippen molar-refractivity contribution in [1.82, 2.24) is 4.98 Å². The first-order valence-electron chi connectivity index (χ1n) is 4.00. The monoisotopic (exact) mass is 232 g/mol. The maximum Gasteiger partial charge on any atom is 0.304 e. The van der Waals surface area contributed by atoms with Gasteiger partial charge in [0.05, 0.1) is 4.92 Å². The van der Waals surface area contributed by atoms with Crippen molar-refractivity contribution in [3.05, 3.63) is 26.9 Å². The molecule has 1 rings (SSSR count). The Morgan fingerprint density at radius 2 is 2.36 bits per heavy atom. The Morgan fingerprint density at radius 3 is 2.86 bits per heavy atom. The van der Waals surface area contributed by atoms with Crippen LogP contribution in [0.2, 0.25) is 5.15 Å². The van der Waals surface area contributed by atoms with Crippen molar-refractivity contribution in [2.75, 3.05) is 5.75 Å². The normalized spacial score (nSPS) is 10.2. The summed E-state index contributed by atoms with van der Waals surface area (Å²) in [6, 6.07) is 1.50. The van der Waals surface area contributed by atoms with Crippen molar-refractivity contribution < 1.29 is 4.92 Å². The van der Waals surface area contributed by atoms with Crippen molar-refractivity contribution in [1.29, 1.82) is 0 Å². The molecule has 0 spiro atoms. The molecule has 0 aliphatic rings. The second kappa shape index (κ2) is 4.61. The second-order valence-electron chi connectivity index (χ2n) is 2.61. The van der Waals surface area contributed by atoms with Crippen molar-refractivity contribution in [3.8, 4) is 0 Å². The third kappa shape index (κ3) is 2.36. The van der Waals surface area contributed by atoms with Crippen molar-refractivity contribution in [2.45, 2.75) is 18.9 Å². The van der Waals surface area contributed by atoms with Crippen molar-refractivity contribution in [3.63, 3.8) is 0 Å². The molecule has 0 aliphatic carbocycles. The van der Waals surface area contributed by atoms with Crippen molar-refractivity contribution >= 4 is 29.1 Å². The quantitative estimate of drug-likeness (QED) is 0.348. The van der Waals surface area contributed by atoms with Crippen LogP contribution in [0.15, 0.2) is 11.1 Å². The van der Waals surface area contributed by atoms with E-state index in [0.29, 0.717) is 15.7 Å². The summed E-state index contributed by atoms with van der Waals surface area (Å²) in [5.74, 6) is 0.730. The maximum absolute atomic E-state index is 10.7. The number of aryl methyl sites for hydroxylation is 1. The third-order valence-corrected chi connectivity index (χ3v) is 2.62. The number of thioether (sulfide) groups is 1. The number of aromatic nitrogens is 1. The molecule has 0 amide bonds. The van der Waals surface area contributed by atoms with Crippen LogP contribution in [-0.4, -0.2) is 15.7 Å². The number of hydrogen-bond donors (Lipinski definition) is 0. The molecule has 0 bridgehead atoms. The molecule has 0 saturated heterocycles. The fraction of sp³-hybridized carbons (Fsp3) is 0.375. The van der Waals surface area contributed by atoms with Crippen molar-refractivity contribution in [2.24, 2.45) is 0 Å². The lowest BCUT2D eigenvalue weighted by molar-refractivity contribution is -0.388. The molecule has 14 heavy (non-hydrogen) atoms. The lowest BCUT2D eigenvalue weighted by atomic mass is 10.2. The van der Waals surface area contributed by atoms with E-state index in [9.17, 15) is 10.1 Å². The van der Waals surface area contributed by atoms with Crippen LogP contribution in [0.3, 0.4) is 0 Å². The van der Waals surface area contributed by atoms with Crippen LogP contribution in [0.5, 0.6) is 0 Å². The van der Waals surface area contributed by atoms with E-state index >= 15 is 0 Å². The smallest absolute Gasteiger partial charge is 0.258 e. The Bertz CT molecular complexity index is 371. The molecule has 0 radical (unpaired) electrons. The number of nitro groups is 1. The summed E-state index contributed by atoms with van der Waals surface area (Å²) in [6.07, 6.45) is 0. The predicted octanol–water partition coefficient (Wildman–Crippen LogP) is 3.06. The molecule has 0 fully saturated rings. The SMILES string of the molecule is CCSc1nc(Cl)cc(C)c1[N+](=O)[O-]. The van der Waals surface area contributed by atoms with Gasteiger partial charge >= 0.3 is 5.69 Å². The number of halogens is 1. The van der Waals surface area contributed by atoms with Gasteiger partial charge in [-0.2, -0.15) is 0 Å². The van der Waals surface area contributed by atoms with Gasteiger partial charge in [-0.1, -0.05) is 30.3 Å². The van der Waals surface area contributed by atoms with Gasteiger partial charge in [0.1, 0.15) is 5.15 Å². The van der Waals surface area contributed by atoms with Crippen LogP contribution >= 0.6 is 23.4 Å². The van der Waals surface area contributed by atoms with E-state index in [1.807, 2.05) is 6.92 Å². The summed E-state index contributed by atoms with van der Waals surface area (Å²) in [4.78, 5) is 14.2. The lowest BCUT2D eigenvalue weighted by Crippen LogP contribution is -1.97. The third-order valence-electron chi connectivity index (χ3n) is 1.58. The molecule has 0 aromatic carbocycles. The van der Waals surface area contributed by atoms with Gasteiger partial charge in [0, 0.05) is 5.56 Å². The molecule has 4 nitrogen and oxygen atoms in total. The minimum Gasteiger partial charge on any atom is -0.258 e. The van der Waals surface area contributed by atoms with Gasteiger partial charge in [-0.05, 0) is 18.7 Å². The van der Waals surface area contributed by atoms with Crippen LogP contribution in [-0.2, 0) is 0 Å². The molecule has 76 valence electrons. The van der Waals surface area contributed by atoms with Crippen LogP contribution in [0.1, 0.15) is 12.5 Å². The zero-order chi connectivity index (χ0) is 10.7.